The summed E-state index contributed by atoms with van der Waals surface area (Å²) in [6.07, 6.45) is 1.50. The van der Waals surface area contributed by atoms with Crippen molar-refractivity contribution < 1.29 is 14.6 Å². The number of carbonyl (C=O) groups is 1. The van der Waals surface area contributed by atoms with Gasteiger partial charge in [-0.15, -0.1) is 10.2 Å². The molecule has 0 saturated carbocycles. The summed E-state index contributed by atoms with van der Waals surface area (Å²) in [5.41, 5.74) is 2.67. The van der Waals surface area contributed by atoms with Gasteiger partial charge in [-0.3, -0.25) is 0 Å². The molecule has 2 aliphatic heterocycles. The summed E-state index contributed by atoms with van der Waals surface area (Å²) in [6.45, 7) is 2.17. The first kappa shape index (κ1) is 19.6. The van der Waals surface area contributed by atoms with Gasteiger partial charge in [-0.25, -0.2) is 9.78 Å². The second kappa shape index (κ2) is 8.03. The zero-order chi connectivity index (χ0) is 21.4. The largest absolute Gasteiger partial charge is 0.469 e. The molecule has 0 aliphatic carbocycles. The first-order valence-corrected chi connectivity index (χ1v) is 10.4. The first-order valence-electron chi connectivity index (χ1n) is 10.0. The van der Waals surface area contributed by atoms with Crippen LogP contribution in [-0.2, 0) is 0 Å². The lowest BCUT2D eigenvalue weighted by molar-refractivity contribution is 0.150. The number of halogens is 1. The molecule has 0 bridgehead atoms. The van der Waals surface area contributed by atoms with Crippen molar-refractivity contribution in [2.45, 2.75) is 12.5 Å². The molecule has 4 heterocycles. The van der Waals surface area contributed by atoms with Crippen LogP contribution in [0.4, 0.5) is 10.6 Å². The van der Waals surface area contributed by atoms with Gasteiger partial charge in [-0.05, 0) is 30.2 Å². The second-order valence-corrected chi connectivity index (χ2v) is 7.96. The quantitative estimate of drug-likeness (QED) is 0.665. The third kappa shape index (κ3) is 3.98. The number of hydrogen-bond donors (Lipinski definition) is 1. The molecule has 3 aromatic rings. The Morgan fingerprint density at radius 2 is 2.00 bits per heavy atom. The molecule has 0 spiro atoms. The van der Waals surface area contributed by atoms with Gasteiger partial charge in [0.25, 0.3) is 0 Å². The number of anilines is 1. The van der Waals surface area contributed by atoms with E-state index in [9.17, 15) is 4.79 Å². The normalized spacial score (nSPS) is 16.7. The molecule has 158 valence electrons. The Kier molecular flexibility index (Phi) is 5.07. The molecule has 1 aromatic carbocycles. The zero-order valence-corrected chi connectivity index (χ0v) is 17.4. The number of aromatic nitrogens is 3. The number of pyridine rings is 1. The standard InChI is InChI=1S/C22H20ClN5O3/c23-21-17(14-7-9-27(10-8-14)22(29)30)11-20(25-26-21)31-16-12-28(13-16)19-6-5-15-3-1-2-4-18(15)24-19/h1-7,11,16H,8-10,12-13H2,(H,29,30). The van der Waals surface area contributed by atoms with E-state index in [0.29, 0.717) is 38.5 Å². The van der Waals surface area contributed by atoms with Crippen LogP contribution in [0.2, 0.25) is 5.15 Å². The second-order valence-electron chi connectivity index (χ2n) is 7.60. The van der Waals surface area contributed by atoms with Gasteiger partial charge in [0.15, 0.2) is 5.15 Å². The van der Waals surface area contributed by atoms with Gasteiger partial charge in [0.2, 0.25) is 5.88 Å². The number of nitrogens with zero attached hydrogens (tertiary/aromatic N) is 5. The maximum Gasteiger partial charge on any atom is 0.407 e. The zero-order valence-electron chi connectivity index (χ0n) is 16.6. The number of rotatable bonds is 4. The number of para-hydroxylation sites is 1. The predicted octanol–water partition coefficient (Wildman–Crippen LogP) is 3.71. The minimum atomic E-state index is -0.922. The maximum atomic E-state index is 11.1. The van der Waals surface area contributed by atoms with E-state index < -0.39 is 6.09 Å². The van der Waals surface area contributed by atoms with Crippen LogP contribution in [0.5, 0.6) is 5.88 Å². The minimum absolute atomic E-state index is 0.0144. The average molecular weight is 438 g/mol. The Morgan fingerprint density at radius 1 is 1.16 bits per heavy atom. The van der Waals surface area contributed by atoms with Gasteiger partial charge in [0.05, 0.1) is 18.6 Å². The fraction of sp³-hybridized carbons (Fsp3) is 0.273. The molecule has 31 heavy (non-hydrogen) atoms. The summed E-state index contributed by atoms with van der Waals surface area (Å²) in [4.78, 5) is 19.3. The molecule has 1 amide bonds. The highest BCUT2D eigenvalue weighted by Crippen LogP contribution is 2.30. The Bertz CT molecular complexity index is 1180. The highest BCUT2D eigenvalue weighted by atomic mass is 35.5. The van der Waals surface area contributed by atoms with Crippen LogP contribution < -0.4 is 9.64 Å². The molecule has 5 rings (SSSR count). The third-order valence-corrected chi connectivity index (χ3v) is 5.87. The highest BCUT2D eigenvalue weighted by molar-refractivity contribution is 6.31. The van der Waals surface area contributed by atoms with Crippen molar-refractivity contribution in [2.75, 3.05) is 31.1 Å². The summed E-state index contributed by atoms with van der Waals surface area (Å²) in [5.74, 6) is 1.34. The van der Waals surface area contributed by atoms with Crippen molar-refractivity contribution in [3.8, 4) is 5.88 Å². The molecule has 1 fully saturated rings. The molecule has 1 saturated heterocycles. The van der Waals surface area contributed by atoms with E-state index in [0.717, 1.165) is 27.9 Å². The lowest BCUT2D eigenvalue weighted by Gasteiger charge is -2.39. The molecule has 2 aromatic heterocycles. The molecular formula is C22H20ClN5O3. The predicted molar refractivity (Wildman–Crippen MR) is 118 cm³/mol. The van der Waals surface area contributed by atoms with Gasteiger partial charge < -0.3 is 19.6 Å². The van der Waals surface area contributed by atoms with E-state index in [4.69, 9.17) is 26.4 Å². The fourth-order valence-electron chi connectivity index (χ4n) is 3.83. The maximum absolute atomic E-state index is 11.1. The smallest absolute Gasteiger partial charge is 0.407 e. The molecular weight excluding hydrogens is 418 g/mol. The van der Waals surface area contributed by atoms with Gasteiger partial charge in [-0.2, -0.15) is 0 Å². The SMILES string of the molecule is O=C(O)N1CC=C(c2cc(OC3CN(c4ccc5ccccc5n4)C3)nnc2Cl)CC1. The van der Waals surface area contributed by atoms with Crippen molar-refractivity contribution in [2.24, 2.45) is 0 Å². The van der Waals surface area contributed by atoms with E-state index >= 15 is 0 Å². The highest BCUT2D eigenvalue weighted by Gasteiger charge is 2.30. The van der Waals surface area contributed by atoms with Crippen molar-refractivity contribution in [1.82, 2.24) is 20.1 Å². The molecule has 0 unspecified atom stereocenters. The van der Waals surface area contributed by atoms with Crippen molar-refractivity contribution in [3.63, 3.8) is 0 Å². The number of ether oxygens (including phenoxy) is 1. The fourth-order valence-corrected chi connectivity index (χ4v) is 4.04. The van der Waals surface area contributed by atoms with Crippen LogP contribution in [0.1, 0.15) is 12.0 Å². The molecule has 1 N–H and O–H groups in total. The minimum Gasteiger partial charge on any atom is -0.469 e. The van der Waals surface area contributed by atoms with E-state index in [1.54, 1.807) is 6.07 Å². The van der Waals surface area contributed by atoms with Gasteiger partial charge in [-0.1, -0.05) is 35.9 Å². The lowest BCUT2D eigenvalue weighted by Crippen LogP contribution is -2.54. The topological polar surface area (TPSA) is 91.7 Å². The number of amides is 1. The van der Waals surface area contributed by atoms with E-state index in [-0.39, 0.29) is 11.3 Å². The Hall–Kier alpha value is -3.39. The number of fused-ring (bicyclic) bond motifs is 1. The summed E-state index contributed by atoms with van der Waals surface area (Å²) in [7, 11) is 0. The molecule has 0 radical (unpaired) electrons. The molecule has 2 aliphatic rings. The summed E-state index contributed by atoms with van der Waals surface area (Å²) >= 11 is 6.25. The van der Waals surface area contributed by atoms with Crippen LogP contribution in [-0.4, -0.2) is 63.6 Å². The Balaban J connectivity index is 1.24. The van der Waals surface area contributed by atoms with E-state index in [1.165, 1.54) is 4.90 Å². The van der Waals surface area contributed by atoms with Gasteiger partial charge in [0, 0.05) is 30.1 Å². The van der Waals surface area contributed by atoms with E-state index in [1.807, 2.05) is 36.4 Å². The number of carboxylic acid groups (broad SMARTS) is 1. The Labute approximate surface area is 183 Å². The van der Waals surface area contributed by atoms with Crippen LogP contribution >= 0.6 is 11.6 Å². The van der Waals surface area contributed by atoms with Crippen LogP contribution in [0.15, 0.2) is 48.5 Å². The summed E-state index contributed by atoms with van der Waals surface area (Å²) in [5, 5.41) is 18.6. The third-order valence-electron chi connectivity index (χ3n) is 5.60. The number of hydrogen-bond acceptors (Lipinski definition) is 6. The van der Waals surface area contributed by atoms with Gasteiger partial charge in [0.1, 0.15) is 11.9 Å². The Morgan fingerprint density at radius 3 is 2.77 bits per heavy atom. The molecule has 0 atom stereocenters. The van der Waals surface area contributed by atoms with Gasteiger partial charge >= 0.3 is 6.09 Å². The first-order chi connectivity index (χ1) is 15.1. The van der Waals surface area contributed by atoms with Crippen LogP contribution in [0.3, 0.4) is 0 Å². The number of benzene rings is 1. The van der Waals surface area contributed by atoms with Crippen LogP contribution in [0, 0.1) is 0 Å². The monoisotopic (exact) mass is 437 g/mol. The van der Waals surface area contributed by atoms with E-state index in [2.05, 4.69) is 21.2 Å². The van der Waals surface area contributed by atoms with Crippen molar-refractivity contribution >= 4 is 40.0 Å². The van der Waals surface area contributed by atoms with Crippen molar-refractivity contribution in [1.29, 1.82) is 0 Å². The van der Waals surface area contributed by atoms with Crippen molar-refractivity contribution in [3.05, 3.63) is 59.3 Å². The lowest BCUT2D eigenvalue weighted by atomic mass is 10.0. The van der Waals surface area contributed by atoms with Crippen LogP contribution in [0.25, 0.3) is 16.5 Å². The average Bonchev–Trinajstić information content (AvgIpc) is 2.77. The summed E-state index contributed by atoms with van der Waals surface area (Å²) < 4.78 is 6.00. The summed E-state index contributed by atoms with van der Waals surface area (Å²) in [6, 6.07) is 13.9. The molecule has 8 nitrogen and oxygen atoms in total. The molecule has 9 heteroatoms.